The van der Waals surface area contributed by atoms with E-state index in [2.05, 4.69) is 31.2 Å². The average molecular weight is 334 g/mol. The fourth-order valence-corrected chi connectivity index (χ4v) is 5.03. The van der Waals surface area contributed by atoms with Gasteiger partial charge in [-0.3, -0.25) is 0 Å². The first kappa shape index (κ1) is 16.3. The topological polar surface area (TPSA) is 97.4 Å². The Kier molecular flexibility index (Phi) is 4.18. The van der Waals surface area contributed by atoms with Crippen LogP contribution >= 0.6 is 11.3 Å². The molecule has 0 amide bonds. The van der Waals surface area contributed by atoms with E-state index < -0.39 is 5.41 Å². The van der Waals surface area contributed by atoms with Crippen LogP contribution in [0, 0.1) is 51.2 Å². The third kappa shape index (κ3) is 2.15. The van der Waals surface area contributed by atoms with Crippen molar-refractivity contribution in [1.29, 1.82) is 15.8 Å². The van der Waals surface area contributed by atoms with Crippen LogP contribution in [-0.2, 0) is 0 Å². The van der Waals surface area contributed by atoms with E-state index in [9.17, 15) is 15.8 Å². The molecule has 2 aliphatic rings. The molecule has 1 aromatic rings. The van der Waals surface area contributed by atoms with Gasteiger partial charge in [0.2, 0.25) is 0 Å². The number of hydrogen-bond donors (Lipinski definition) is 1. The van der Waals surface area contributed by atoms with Gasteiger partial charge in [-0.2, -0.15) is 15.8 Å². The number of fused-ring (bicyclic) bond motifs is 1. The number of nitrogens with zero attached hydrogens (tertiary/aromatic N) is 3. The molecule has 1 aromatic heterocycles. The Bertz CT molecular complexity index is 812. The van der Waals surface area contributed by atoms with Crippen molar-refractivity contribution in [3.8, 4) is 18.2 Å². The van der Waals surface area contributed by atoms with Crippen LogP contribution in [0.3, 0.4) is 0 Å². The highest BCUT2D eigenvalue weighted by Gasteiger charge is 2.54. The van der Waals surface area contributed by atoms with Crippen molar-refractivity contribution in [2.45, 2.75) is 32.1 Å². The van der Waals surface area contributed by atoms with Gasteiger partial charge in [-0.05, 0) is 41.7 Å². The summed E-state index contributed by atoms with van der Waals surface area (Å²) in [5.41, 5.74) is 6.14. The third-order valence-electron chi connectivity index (χ3n) is 5.40. The van der Waals surface area contributed by atoms with Gasteiger partial charge in [-0.1, -0.05) is 25.5 Å². The summed E-state index contributed by atoms with van der Waals surface area (Å²) in [6, 6.07) is 10.4. The SMILES string of the molecule is CC[C@H]1CC=C2C(C#N)=C(N)C(C#N)(C#N)[C@@H](c3cccs3)[C@@H]2C1. The summed E-state index contributed by atoms with van der Waals surface area (Å²) in [4.78, 5) is 0.991. The van der Waals surface area contributed by atoms with Crippen molar-refractivity contribution < 1.29 is 0 Å². The lowest BCUT2D eigenvalue weighted by molar-refractivity contribution is 0.274. The van der Waals surface area contributed by atoms with Gasteiger partial charge in [0.25, 0.3) is 0 Å². The van der Waals surface area contributed by atoms with Crippen molar-refractivity contribution in [3.05, 3.63) is 45.3 Å². The van der Waals surface area contributed by atoms with Crippen LogP contribution in [0.1, 0.15) is 37.0 Å². The highest BCUT2D eigenvalue weighted by Crippen LogP contribution is 2.57. The minimum Gasteiger partial charge on any atom is -0.399 e. The van der Waals surface area contributed by atoms with Crippen LogP contribution in [0.5, 0.6) is 0 Å². The lowest BCUT2D eigenvalue weighted by Gasteiger charge is -2.44. The molecule has 0 aliphatic heterocycles. The number of nitriles is 3. The second-order valence-corrected chi connectivity index (χ2v) is 7.42. The number of thiophene rings is 1. The predicted molar refractivity (Wildman–Crippen MR) is 92.1 cm³/mol. The van der Waals surface area contributed by atoms with Gasteiger partial charge < -0.3 is 5.73 Å². The van der Waals surface area contributed by atoms with E-state index in [4.69, 9.17) is 5.73 Å². The second kappa shape index (κ2) is 6.16. The van der Waals surface area contributed by atoms with Crippen molar-refractivity contribution in [1.82, 2.24) is 0 Å². The molecule has 1 heterocycles. The zero-order valence-corrected chi connectivity index (χ0v) is 14.3. The van der Waals surface area contributed by atoms with E-state index >= 15 is 0 Å². The van der Waals surface area contributed by atoms with Crippen LogP contribution in [0.25, 0.3) is 0 Å². The Morgan fingerprint density at radius 3 is 2.62 bits per heavy atom. The molecule has 0 unspecified atom stereocenters. The summed E-state index contributed by atoms with van der Waals surface area (Å²) in [6.45, 7) is 2.16. The van der Waals surface area contributed by atoms with Crippen molar-refractivity contribution in [2.75, 3.05) is 0 Å². The van der Waals surface area contributed by atoms with Gasteiger partial charge in [0.1, 0.15) is 6.07 Å². The van der Waals surface area contributed by atoms with Crippen LogP contribution in [0.4, 0.5) is 0 Å². The molecule has 0 spiro atoms. The Hall–Kier alpha value is -2.55. The van der Waals surface area contributed by atoms with Crippen molar-refractivity contribution in [2.24, 2.45) is 23.0 Å². The molecule has 0 aromatic carbocycles. The molecule has 2 aliphatic carbocycles. The molecule has 120 valence electrons. The Labute approximate surface area is 146 Å². The summed E-state index contributed by atoms with van der Waals surface area (Å²) in [7, 11) is 0. The Morgan fingerprint density at radius 2 is 2.08 bits per heavy atom. The van der Waals surface area contributed by atoms with Gasteiger partial charge in [0.05, 0.1) is 23.4 Å². The number of nitrogens with two attached hydrogens (primary N) is 1. The van der Waals surface area contributed by atoms with E-state index in [-0.39, 0.29) is 17.5 Å². The van der Waals surface area contributed by atoms with E-state index in [0.29, 0.717) is 11.5 Å². The summed E-state index contributed by atoms with van der Waals surface area (Å²) >= 11 is 1.55. The van der Waals surface area contributed by atoms with E-state index in [1.807, 2.05) is 17.5 Å². The van der Waals surface area contributed by atoms with Gasteiger partial charge in [-0.15, -0.1) is 11.3 Å². The summed E-state index contributed by atoms with van der Waals surface area (Å²) in [6.07, 6.45) is 4.95. The quantitative estimate of drug-likeness (QED) is 0.884. The minimum atomic E-state index is -1.48. The van der Waals surface area contributed by atoms with Gasteiger partial charge in [0, 0.05) is 10.8 Å². The van der Waals surface area contributed by atoms with Gasteiger partial charge in [0.15, 0.2) is 5.41 Å². The second-order valence-electron chi connectivity index (χ2n) is 6.44. The first-order chi connectivity index (χ1) is 11.6. The molecule has 3 atom stereocenters. The van der Waals surface area contributed by atoms with Gasteiger partial charge in [-0.25, -0.2) is 0 Å². The maximum absolute atomic E-state index is 9.90. The Morgan fingerprint density at radius 1 is 1.33 bits per heavy atom. The lowest BCUT2D eigenvalue weighted by atomic mass is 9.57. The highest BCUT2D eigenvalue weighted by atomic mass is 32.1. The largest absolute Gasteiger partial charge is 0.399 e. The molecule has 0 radical (unpaired) electrons. The van der Waals surface area contributed by atoms with Crippen LogP contribution in [-0.4, -0.2) is 0 Å². The minimum absolute atomic E-state index is 0.0106. The molecule has 0 fully saturated rings. The van der Waals surface area contributed by atoms with E-state index in [0.717, 1.165) is 29.7 Å². The van der Waals surface area contributed by atoms with Crippen molar-refractivity contribution in [3.63, 3.8) is 0 Å². The standard InChI is InChI=1S/C19H18N4S/c1-2-12-5-6-13-14(8-12)17(16-4-3-7-24-16)19(10-21,11-22)18(23)15(13)9-20/h3-4,6-7,12,14,17H,2,5,8,23H2,1H3/t12-,14+,17+/m0/s1. The monoisotopic (exact) mass is 334 g/mol. The molecule has 2 N–H and O–H groups in total. The normalized spacial score (nSPS) is 28.1. The average Bonchev–Trinajstić information content (AvgIpc) is 3.14. The summed E-state index contributed by atoms with van der Waals surface area (Å²) < 4.78 is 0. The fraction of sp³-hybridized carbons (Fsp3) is 0.421. The zero-order chi connectivity index (χ0) is 17.3. The number of hydrogen-bond acceptors (Lipinski definition) is 5. The van der Waals surface area contributed by atoms with Crippen LogP contribution in [0.2, 0.25) is 0 Å². The molecule has 0 saturated carbocycles. The fourth-order valence-electron chi connectivity index (χ4n) is 4.07. The van der Waals surface area contributed by atoms with E-state index in [1.165, 1.54) is 0 Å². The molecule has 5 heteroatoms. The molecule has 3 rings (SSSR count). The number of rotatable bonds is 2. The van der Waals surface area contributed by atoms with E-state index in [1.54, 1.807) is 11.3 Å². The smallest absolute Gasteiger partial charge is 0.192 e. The highest BCUT2D eigenvalue weighted by molar-refractivity contribution is 7.10. The summed E-state index contributed by atoms with van der Waals surface area (Å²) in [5, 5.41) is 31.4. The summed E-state index contributed by atoms with van der Waals surface area (Å²) in [5.74, 6) is 0.185. The number of allylic oxidation sites excluding steroid dienone is 4. The molecular weight excluding hydrogens is 316 g/mol. The Balaban J connectivity index is 2.29. The molecular formula is C19H18N4S. The van der Waals surface area contributed by atoms with Crippen LogP contribution < -0.4 is 5.73 Å². The van der Waals surface area contributed by atoms with Gasteiger partial charge >= 0.3 is 0 Å². The van der Waals surface area contributed by atoms with Crippen molar-refractivity contribution >= 4 is 11.3 Å². The van der Waals surface area contributed by atoms with Crippen LogP contribution in [0.15, 0.2) is 40.4 Å². The third-order valence-corrected chi connectivity index (χ3v) is 6.36. The molecule has 24 heavy (non-hydrogen) atoms. The molecule has 0 bridgehead atoms. The molecule has 4 nitrogen and oxygen atoms in total. The maximum atomic E-state index is 9.90. The first-order valence-corrected chi connectivity index (χ1v) is 8.97. The lowest BCUT2D eigenvalue weighted by Crippen LogP contribution is -2.43. The molecule has 0 saturated heterocycles. The zero-order valence-electron chi connectivity index (χ0n) is 13.5. The maximum Gasteiger partial charge on any atom is 0.192 e. The predicted octanol–water partition coefficient (Wildman–Crippen LogP) is 3.98. The first-order valence-electron chi connectivity index (χ1n) is 8.09.